The smallest absolute Gasteiger partial charge is 0.274 e. The second-order valence-electron chi connectivity index (χ2n) is 6.50. The predicted molar refractivity (Wildman–Crippen MR) is 83.5 cm³/mol. The molecular formula is C17H25N3O2. The molecule has 2 aliphatic rings. The van der Waals surface area contributed by atoms with Gasteiger partial charge in [-0.3, -0.25) is 9.78 Å². The van der Waals surface area contributed by atoms with Crippen molar-refractivity contribution >= 4 is 5.91 Å². The van der Waals surface area contributed by atoms with Gasteiger partial charge in [0.15, 0.2) is 0 Å². The summed E-state index contributed by atoms with van der Waals surface area (Å²) < 4.78 is 5.97. The summed E-state index contributed by atoms with van der Waals surface area (Å²) in [6.07, 6.45) is 12.1. The van der Waals surface area contributed by atoms with Crippen molar-refractivity contribution < 1.29 is 9.53 Å². The van der Waals surface area contributed by atoms with Gasteiger partial charge in [0.1, 0.15) is 5.69 Å². The maximum atomic E-state index is 12.7. The fourth-order valence-electron chi connectivity index (χ4n) is 4.30. The van der Waals surface area contributed by atoms with Crippen LogP contribution in [-0.2, 0) is 4.74 Å². The van der Waals surface area contributed by atoms with Gasteiger partial charge in [0.25, 0.3) is 5.91 Å². The lowest BCUT2D eigenvalue weighted by molar-refractivity contribution is -0.170. The highest BCUT2D eigenvalue weighted by Crippen LogP contribution is 2.55. The summed E-state index contributed by atoms with van der Waals surface area (Å²) in [5.41, 5.74) is 0.580. The molecule has 0 aromatic carbocycles. The first-order chi connectivity index (χ1) is 10.7. The maximum absolute atomic E-state index is 12.7. The lowest BCUT2D eigenvalue weighted by Crippen LogP contribution is -2.65. The number of rotatable bonds is 4. The number of aromatic nitrogens is 2. The molecule has 0 radical (unpaired) electrons. The standard InChI is InChI=1S/C17H25N3O2/c1-3-22-15-11-14(17(15)7-5-4-6-8-17)20(2)16(21)13-12-18-9-10-19-13/h9-10,12,14-15H,3-8,11H2,1-2H3/t14-,15+/m1/s1. The van der Waals surface area contributed by atoms with Crippen molar-refractivity contribution in [2.24, 2.45) is 5.41 Å². The van der Waals surface area contributed by atoms with E-state index in [1.54, 1.807) is 18.6 Å². The molecular weight excluding hydrogens is 278 g/mol. The number of carbonyl (C=O) groups excluding carboxylic acids is 1. The van der Waals surface area contributed by atoms with Crippen LogP contribution in [0.2, 0.25) is 0 Å². The Hall–Kier alpha value is -1.49. The van der Waals surface area contributed by atoms with Gasteiger partial charge in [-0.2, -0.15) is 0 Å². The zero-order valence-electron chi connectivity index (χ0n) is 13.5. The first-order valence-corrected chi connectivity index (χ1v) is 8.34. The van der Waals surface area contributed by atoms with Gasteiger partial charge >= 0.3 is 0 Å². The third-order valence-electron chi connectivity index (χ3n) is 5.46. The Labute approximate surface area is 132 Å². The van der Waals surface area contributed by atoms with Crippen LogP contribution in [0.5, 0.6) is 0 Å². The van der Waals surface area contributed by atoms with Gasteiger partial charge in [-0.05, 0) is 26.2 Å². The molecule has 1 spiro atoms. The summed E-state index contributed by atoms with van der Waals surface area (Å²) in [4.78, 5) is 22.7. The molecule has 1 aromatic heterocycles. The van der Waals surface area contributed by atoms with Gasteiger partial charge in [-0.15, -0.1) is 0 Å². The van der Waals surface area contributed by atoms with Gasteiger partial charge < -0.3 is 9.64 Å². The van der Waals surface area contributed by atoms with Crippen LogP contribution in [0.3, 0.4) is 0 Å². The molecule has 22 heavy (non-hydrogen) atoms. The van der Waals surface area contributed by atoms with Crippen LogP contribution in [-0.4, -0.2) is 46.6 Å². The van der Waals surface area contributed by atoms with Crippen molar-refractivity contribution in [2.75, 3.05) is 13.7 Å². The molecule has 0 aliphatic heterocycles. The van der Waals surface area contributed by atoms with Crippen LogP contribution >= 0.6 is 0 Å². The summed E-state index contributed by atoms with van der Waals surface area (Å²) in [6.45, 7) is 2.80. The van der Waals surface area contributed by atoms with Crippen LogP contribution in [0.1, 0.15) is 55.9 Å². The number of hydrogen-bond acceptors (Lipinski definition) is 4. The van der Waals surface area contributed by atoms with E-state index in [0.717, 1.165) is 13.0 Å². The molecule has 120 valence electrons. The lowest BCUT2D eigenvalue weighted by atomic mass is 9.54. The topological polar surface area (TPSA) is 55.3 Å². The summed E-state index contributed by atoms with van der Waals surface area (Å²) in [6, 6.07) is 0.263. The summed E-state index contributed by atoms with van der Waals surface area (Å²) in [5.74, 6) is -0.0296. The maximum Gasteiger partial charge on any atom is 0.274 e. The van der Waals surface area contributed by atoms with E-state index in [4.69, 9.17) is 4.74 Å². The molecule has 3 rings (SSSR count). The van der Waals surface area contributed by atoms with Gasteiger partial charge in [-0.1, -0.05) is 19.3 Å². The summed E-state index contributed by atoms with van der Waals surface area (Å²) >= 11 is 0. The van der Waals surface area contributed by atoms with Crippen LogP contribution in [0.15, 0.2) is 18.6 Å². The van der Waals surface area contributed by atoms with E-state index in [-0.39, 0.29) is 17.4 Å². The Morgan fingerprint density at radius 3 is 2.77 bits per heavy atom. The molecule has 2 atom stereocenters. The third kappa shape index (κ3) is 2.51. The SMILES string of the molecule is CCO[C@H]1C[C@@H](N(C)C(=O)c2cnccn2)C12CCCCC2. The summed E-state index contributed by atoms with van der Waals surface area (Å²) in [7, 11) is 1.90. The van der Waals surface area contributed by atoms with E-state index >= 15 is 0 Å². The number of amides is 1. The van der Waals surface area contributed by atoms with Gasteiger partial charge in [0, 0.05) is 37.5 Å². The number of hydrogen-bond donors (Lipinski definition) is 0. The van der Waals surface area contributed by atoms with Crippen molar-refractivity contribution in [1.82, 2.24) is 14.9 Å². The van der Waals surface area contributed by atoms with Crippen molar-refractivity contribution in [2.45, 2.75) is 57.6 Å². The average molecular weight is 303 g/mol. The van der Waals surface area contributed by atoms with Crippen LogP contribution < -0.4 is 0 Å². The van der Waals surface area contributed by atoms with E-state index in [9.17, 15) is 4.79 Å². The predicted octanol–water partition coefficient (Wildman–Crippen LogP) is 2.68. The quantitative estimate of drug-likeness (QED) is 0.858. The number of nitrogens with zero attached hydrogens (tertiary/aromatic N) is 3. The highest BCUT2D eigenvalue weighted by molar-refractivity contribution is 5.92. The second kappa shape index (κ2) is 6.32. The molecule has 0 unspecified atom stereocenters. The van der Waals surface area contributed by atoms with Crippen LogP contribution in [0.25, 0.3) is 0 Å². The highest BCUT2D eigenvalue weighted by atomic mass is 16.5. The zero-order valence-corrected chi connectivity index (χ0v) is 13.5. The van der Waals surface area contributed by atoms with E-state index in [2.05, 4.69) is 16.9 Å². The van der Waals surface area contributed by atoms with Gasteiger partial charge in [0.2, 0.25) is 0 Å². The molecule has 5 heteroatoms. The molecule has 0 saturated heterocycles. The van der Waals surface area contributed by atoms with Crippen molar-refractivity contribution in [3.8, 4) is 0 Å². The monoisotopic (exact) mass is 303 g/mol. The fraction of sp³-hybridized carbons (Fsp3) is 0.706. The molecule has 0 bridgehead atoms. The molecule has 1 amide bonds. The zero-order chi connectivity index (χ0) is 15.6. The van der Waals surface area contributed by atoms with Crippen LogP contribution in [0.4, 0.5) is 0 Å². The fourth-order valence-corrected chi connectivity index (χ4v) is 4.30. The highest BCUT2D eigenvalue weighted by Gasteiger charge is 2.57. The molecule has 2 saturated carbocycles. The Morgan fingerprint density at radius 2 is 2.14 bits per heavy atom. The third-order valence-corrected chi connectivity index (χ3v) is 5.46. The molecule has 2 aliphatic carbocycles. The summed E-state index contributed by atoms with van der Waals surface area (Å²) in [5, 5.41) is 0. The first kappa shape index (κ1) is 15.4. The minimum atomic E-state index is -0.0296. The molecule has 5 nitrogen and oxygen atoms in total. The second-order valence-corrected chi connectivity index (χ2v) is 6.50. The van der Waals surface area contributed by atoms with Crippen LogP contribution in [0, 0.1) is 5.41 Å². The van der Waals surface area contributed by atoms with Crippen molar-refractivity contribution in [3.63, 3.8) is 0 Å². The largest absolute Gasteiger partial charge is 0.378 e. The molecule has 0 N–H and O–H groups in total. The number of ether oxygens (including phenoxy) is 1. The minimum absolute atomic E-state index is 0.0296. The molecule has 1 aromatic rings. The van der Waals surface area contributed by atoms with Crippen molar-refractivity contribution in [1.29, 1.82) is 0 Å². The Morgan fingerprint density at radius 1 is 1.36 bits per heavy atom. The molecule has 1 heterocycles. The lowest BCUT2D eigenvalue weighted by Gasteiger charge is -2.60. The average Bonchev–Trinajstić information content (AvgIpc) is 2.58. The van der Waals surface area contributed by atoms with E-state index in [1.807, 2.05) is 11.9 Å². The van der Waals surface area contributed by atoms with E-state index in [0.29, 0.717) is 11.8 Å². The van der Waals surface area contributed by atoms with E-state index < -0.39 is 0 Å². The van der Waals surface area contributed by atoms with Gasteiger partial charge in [0.05, 0.1) is 12.3 Å². The number of carbonyl (C=O) groups is 1. The Bertz CT molecular complexity index is 514. The van der Waals surface area contributed by atoms with Gasteiger partial charge in [-0.25, -0.2) is 4.98 Å². The normalized spacial score (nSPS) is 26.5. The van der Waals surface area contributed by atoms with E-state index in [1.165, 1.54) is 32.1 Å². The minimum Gasteiger partial charge on any atom is -0.378 e. The molecule has 2 fully saturated rings. The Balaban J connectivity index is 1.77. The van der Waals surface area contributed by atoms with Crippen molar-refractivity contribution in [3.05, 3.63) is 24.3 Å². The Kier molecular flexibility index (Phi) is 4.43. The first-order valence-electron chi connectivity index (χ1n) is 8.34.